The molecule has 0 N–H and O–H groups in total. The summed E-state index contributed by atoms with van der Waals surface area (Å²) in [6, 6.07) is 6.76. The van der Waals surface area contributed by atoms with Gasteiger partial charge in [-0.2, -0.15) is 0 Å². The van der Waals surface area contributed by atoms with Crippen molar-refractivity contribution in [2.45, 2.75) is 58.0 Å². The quantitative estimate of drug-likeness (QED) is 0.459. The largest absolute Gasteiger partial charge is 0.491 e. The Balaban J connectivity index is 1.42. The Kier molecular flexibility index (Phi) is 5.96. The standard InChI is InChI=1S/C27H32FN3O3/c1-27(2,3)34-26(32)30-12-9-19(10-13-30)22-16-31(24-15-29-11-8-21(22)24)23-7-6-20(28)14-25(23)33-17-18-4-5-18/h6-8,11,14-16,18-19H,4-5,9-10,12-13,17H2,1-3H3. The number of fused-ring (bicyclic) bond motifs is 1. The average Bonchev–Trinajstić information content (AvgIpc) is 3.56. The zero-order valence-corrected chi connectivity index (χ0v) is 20.1. The first-order chi connectivity index (χ1) is 16.3. The Morgan fingerprint density at radius 3 is 2.62 bits per heavy atom. The van der Waals surface area contributed by atoms with E-state index in [0.29, 0.717) is 37.3 Å². The summed E-state index contributed by atoms with van der Waals surface area (Å²) in [6.45, 7) is 7.59. The van der Waals surface area contributed by atoms with Crippen LogP contribution < -0.4 is 4.74 Å². The third-order valence-electron chi connectivity index (χ3n) is 6.58. The van der Waals surface area contributed by atoms with Crippen LogP contribution in [0.25, 0.3) is 16.6 Å². The number of halogens is 1. The van der Waals surface area contributed by atoms with E-state index in [1.165, 1.54) is 30.5 Å². The monoisotopic (exact) mass is 465 g/mol. The van der Waals surface area contributed by atoms with Gasteiger partial charge in [0.15, 0.2) is 0 Å². The molecule has 1 amide bonds. The average molecular weight is 466 g/mol. The van der Waals surface area contributed by atoms with Gasteiger partial charge < -0.3 is 18.9 Å². The topological polar surface area (TPSA) is 56.6 Å². The summed E-state index contributed by atoms with van der Waals surface area (Å²) in [7, 11) is 0. The summed E-state index contributed by atoms with van der Waals surface area (Å²) in [4.78, 5) is 18.6. The van der Waals surface area contributed by atoms with E-state index >= 15 is 0 Å². The minimum atomic E-state index is -0.497. The van der Waals surface area contributed by atoms with E-state index in [0.717, 1.165) is 29.4 Å². The van der Waals surface area contributed by atoms with E-state index in [1.54, 1.807) is 17.2 Å². The second-order valence-corrected chi connectivity index (χ2v) is 10.5. The molecule has 2 aromatic heterocycles. The predicted molar refractivity (Wildman–Crippen MR) is 129 cm³/mol. The van der Waals surface area contributed by atoms with Gasteiger partial charge in [0.2, 0.25) is 0 Å². The molecule has 2 fully saturated rings. The molecule has 3 heterocycles. The number of piperidine rings is 1. The van der Waals surface area contributed by atoms with E-state index in [1.807, 2.05) is 33.0 Å². The molecule has 1 saturated carbocycles. The number of ether oxygens (including phenoxy) is 2. The summed E-state index contributed by atoms with van der Waals surface area (Å²) in [5, 5.41) is 1.13. The zero-order chi connectivity index (χ0) is 23.9. The molecule has 5 rings (SSSR count). The van der Waals surface area contributed by atoms with E-state index in [2.05, 4.69) is 15.7 Å². The Morgan fingerprint density at radius 2 is 1.91 bits per heavy atom. The minimum Gasteiger partial charge on any atom is -0.491 e. The van der Waals surface area contributed by atoms with Crippen molar-refractivity contribution in [1.29, 1.82) is 0 Å². The highest BCUT2D eigenvalue weighted by Gasteiger charge is 2.29. The number of hydrogen-bond acceptors (Lipinski definition) is 4. The van der Waals surface area contributed by atoms with Crippen molar-refractivity contribution >= 4 is 17.0 Å². The van der Waals surface area contributed by atoms with Crippen LogP contribution in [0.3, 0.4) is 0 Å². The first-order valence-corrected chi connectivity index (χ1v) is 12.1. The normalized spacial score (nSPS) is 17.2. The van der Waals surface area contributed by atoms with Crippen molar-refractivity contribution in [3.63, 3.8) is 0 Å². The van der Waals surface area contributed by atoms with Gasteiger partial charge in [0.1, 0.15) is 17.2 Å². The summed E-state index contributed by atoms with van der Waals surface area (Å²) < 4.78 is 27.7. The molecule has 0 atom stereocenters. The highest BCUT2D eigenvalue weighted by atomic mass is 19.1. The molecule has 1 aliphatic heterocycles. The van der Waals surface area contributed by atoms with Crippen molar-refractivity contribution in [2.24, 2.45) is 5.92 Å². The Hall–Kier alpha value is -3.09. The van der Waals surface area contributed by atoms with Crippen LogP contribution in [0, 0.1) is 11.7 Å². The van der Waals surface area contributed by atoms with Gasteiger partial charge in [0, 0.05) is 36.9 Å². The van der Waals surface area contributed by atoms with Crippen LogP contribution in [0.5, 0.6) is 5.75 Å². The SMILES string of the molecule is CC(C)(C)OC(=O)N1CCC(c2cn(-c3ccc(F)cc3OCC3CC3)c3cnccc23)CC1. The van der Waals surface area contributed by atoms with Crippen LogP contribution in [0.15, 0.2) is 42.9 Å². The van der Waals surface area contributed by atoms with Crippen molar-refractivity contribution in [3.8, 4) is 11.4 Å². The summed E-state index contributed by atoms with van der Waals surface area (Å²) >= 11 is 0. The van der Waals surface area contributed by atoms with Crippen molar-refractivity contribution < 1.29 is 18.7 Å². The molecular weight excluding hydrogens is 433 g/mol. The maximum Gasteiger partial charge on any atom is 0.410 e. The molecular formula is C27H32FN3O3. The number of rotatable bonds is 5. The van der Waals surface area contributed by atoms with E-state index in [9.17, 15) is 9.18 Å². The van der Waals surface area contributed by atoms with Gasteiger partial charge in [-0.25, -0.2) is 9.18 Å². The van der Waals surface area contributed by atoms with E-state index in [-0.39, 0.29) is 11.9 Å². The van der Waals surface area contributed by atoms with Gasteiger partial charge in [0.05, 0.1) is 24.0 Å². The number of likely N-dealkylation sites (tertiary alicyclic amines) is 1. The van der Waals surface area contributed by atoms with Gasteiger partial charge >= 0.3 is 6.09 Å². The van der Waals surface area contributed by atoms with E-state index in [4.69, 9.17) is 9.47 Å². The molecule has 6 nitrogen and oxygen atoms in total. The highest BCUT2D eigenvalue weighted by Crippen LogP contribution is 2.38. The lowest BCUT2D eigenvalue weighted by atomic mass is 9.89. The second kappa shape index (κ2) is 8.93. The summed E-state index contributed by atoms with van der Waals surface area (Å²) in [5.41, 5.74) is 2.51. The molecule has 0 radical (unpaired) electrons. The number of pyridine rings is 1. The highest BCUT2D eigenvalue weighted by molar-refractivity contribution is 5.86. The van der Waals surface area contributed by atoms with Crippen molar-refractivity contribution in [1.82, 2.24) is 14.5 Å². The van der Waals surface area contributed by atoms with Crippen molar-refractivity contribution in [3.05, 3.63) is 54.2 Å². The predicted octanol–water partition coefficient (Wildman–Crippen LogP) is 6.07. The number of hydrogen-bond donors (Lipinski definition) is 0. The summed E-state index contributed by atoms with van der Waals surface area (Å²) in [6.07, 6.45) is 9.60. The maximum absolute atomic E-state index is 14.1. The molecule has 2 aliphatic rings. The molecule has 1 aromatic carbocycles. The first-order valence-electron chi connectivity index (χ1n) is 12.1. The Bertz CT molecular complexity index is 1190. The third-order valence-corrected chi connectivity index (χ3v) is 6.58. The maximum atomic E-state index is 14.1. The lowest BCUT2D eigenvalue weighted by Gasteiger charge is -2.33. The first kappa shape index (κ1) is 22.7. The Labute approximate surface area is 199 Å². The summed E-state index contributed by atoms with van der Waals surface area (Å²) in [5.74, 6) is 1.13. The van der Waals surface area contributed by atoms with Gasteiger partial charge in [-0.1, -0.05) is 0 Å². The third kappa shape index (κ3) is 4.88. The van der Waals surface area contributed by atoms with Crippen LogP contribution in [0.2, 0.25) is 0 Å². The second-order valence-electron chi connectivity index (χ2n) is 10.5. The van der Waals surface area contributed by atoms with Crippen LogP contribution in [-0.4, -0.2) is 45.8 Å². The molecule has 1 saturated heterocycles. The number of carbonyl (C=O) groups excluding carboxylic acids is 1. The molecule has 7 heteroatoms. The number of carbonyl (C=O) groups is 1. The molecule has 34 heavy (non-hydrogen) atoms. The molecule has 0 spiro atoms. The van der Waals surface area contributed by atoms with Gasteiger partial charge in [-0.15, -0.1) is 0 Å². The fourth-order valence-electron chi connectivity index (χ4n) is 4.62. The Morgan fingerprint density at radius 1 is 1.15 bits per heavy atom. The molecule has 1 aliphatic carbocycles. The van der Waals surface area contributed by atoms with Crippen molar-refractivity contribution in [2.75, 3.05) is 19.7 Å². The number of nitrogens with zero attached hydrogens (tertiary/aromatic N) is 3. The van der Waals surface area contributed by atoms with Crippen LogP contribution in [0.1, 0.15) is 57.9 Å². The fraction of sp³-hybridized carbons (Fsp3) is 0.481. The smallest absolute Gasteiger partial charge is 0.410 e. The van der Waals surface area contributed by atoms with Gasteiger partial charge in [-0.05, 0) is 82.1 Å². The lowest BCUT2D eigenvalue weighted by molar-refractivity contribution is 0.0205. The fourth-order valence-corrected chi connectivity index (χ4v) is 4.62. The van der Waals surface area contributed by atoms with Crippen LogP contribution >= 0.6 is 0 Å². The number of aromatic nitrogens is 2. The zero-order valence-electron chi connectivity index (χ0n) is 20.1. The van der Waals surface area contributed by atoms with Gasteiger partial charge in [-0.3, -0.25) is 4.98 Å². The molecule has 3 aromatic rings. The van der Waals surface area contributed by atoms with Crippen LogP contribution in [-0.2, 0) is 4.74 Å². The molecule has 0 bridgehead atoms. The molecule has 180 valence electrons. The number of amides is 1. The van der Waals surface area contributed by atoms with Crippen LogP contribution in [0.4, 0.5) is 9.18 Å². The minimum absolute atomic E-state index is 0.249. The van der Waals surface area contributed by atoms with Gasteiger partial charge in [0.25, 0.3) is 0 Å². The lowest BCUT2D eigenvalue weighted by Crippen LogP contribution is -2.41. The number of benzene rings is 1. The van der Waals surface area contributed by atoms with E-state index < -0.39 is 5.60 Å². The molecule has 0 unspecified atom stereocenters.